The van der Waals surface area contributed by atoms with Gasteiger partial charge in [0.1, 0.15) is 30.0 Å². The first-order valence-corrected chi connectivity index (χ1v) is 9.00. The maximum absolute atomic E-state index is 11.2. The van der Waals surface area contributed by atoms with Crippen molar-refractivity contribution in [3.05, 3.63) is 54.1 Å². The second-order valence-electron chi connectivity index (χ2n) is 5.91. The fourth-order valence-corrected chi connectivity index (χ4v) is 2.26. The van der Waals surface area contributed by atoms with Gasteiger partial charge in [0.2, 0.25) is 0 Å². The predicted molar refractivity (Wildman–Crippen MR) is 106 cm³/mol. The third-order valence-corrected chi connectivity index (χ3v) is 3.97. The molecule has 2 aromatic rings. The van der Waals surface area contributed by atoms with E-state index in [0.29, 0.717) is 29.2 Å². The standard InChI is InChI=1S/C21H25NO7/c1-4-16(28-29-18-10-8-17(25-2)9-11-18)14-27-20-13-19(26-3)7-5-15(20)6-12-21(23)22-24/h5-13,16,24H,4,14H2,1-3H3,(H,22,23)/b12-6+. The van der Waals surface area contributed by atoms with E-state index in [1.54, 1.807) is 62.2 Å². The predicted octanol–water partition coefficient (Wildman–Crippen LogP) is 3.39. The SMILES string of the molecule is CCC(COc1cc(OC)ccc1/C=C/C(=O)NO)OOc1ccc(OC)cc1. The summed E-state index contributed by atoms with van der Waals surface area (Å²) in [5, 5.41) is 8.62. The van der Waals surface area contributed by atoms with Gasteiger partial charge in [-0.25, -0.2) is 5.48 Å². The topological polar surface area (TPSA) is 95.5 Å². The molecule has 0 aromatic heterocycles. The maximum Gasteiger partial charge on any atom is 0.267 e. The molecule has 0 aliphatic heterocycles. The van der Waals surface area contributed by atoms with Crippen molar-refractivity contribution in [2.75, 3.05) is 20.8 Å². The average molecular weight is 403 g/mol. The first kappa shape index (κ1) is 22.1. The molecule has 2 rings (SSSR count). The Labute approximate surface area is 169 Å². The van der Waals surface area contributed by atoms with Gasteiger partial charge >= 0.3 is 0 Å². The Hall–Kier alpha value is -3.23. The van der Waals surface area contributed by atoms with Gasteiger partial charge in [0, 0.05) is 17.7 Å². The number of ether oxygens (including phenoxy) is 3. The van der Waals surface area contributed by atoms with Gasteiger partial charge in [0.25, 0.3) is 5.91 Å². The molecule has 0 saturated carbocycles. The minimum Gasteiger partial charge on any atom is -0.497 e. The molecular weight excluding hydrogens is 378 g/mol. The van der Waals surface area contributed by atoms with Crippen LogP contribution in [0.2, 0.25) is 0 Å². The molecule has 156 valence electrons. The third kappa shape index (κ3) is 7.02. The zero-order valence-corrected chi connectivity index (χ0v) is 16.6. The number of nitrogens with one attached hydrogen (secondary N) is 1. The van der Waals surface area contributed by atoms with Gasteiger partial charge in [0.05, 0.1) is 14.2 Å². The van der Waals surface area contributed by atoms with Crippen LogP contribution in [0.1, 0.15) is 18.9 Å². The molecule has 8 heteroatoms. The van der Waals surface area contributed by atoms with Crippen LogP contribution in [0.25, 0.3) is 6.08 Å². The molecule has 0 aliphatic rings. The molecule has 0 fully saturated rings. The van der Waals surface area contributed by atoms with Crippen molar-refractivity contribution in [3.8, 4) is 23.0 Å². The summed E-state index contributed by atoms with van der Waals surface area (Å²) < 4.78 is 16.2. The van der Waals surface area contributed by atoms with Crippen LogP contribution in [0.3, 0.4) is 0 Å². The van der Waals surface area contributed by atoms with E-state index >= 15 is 0 Å². The molecule has 0 spiro atoms. The lowest BCUT2D eigenvalue weighted by atomic mass is 10.1. The highest BCUT2D eigenvalue weighted by Gasteiger charge is 2.13. The summed E-state index contributed by atoms with van der Waals surface area (Å²) in [5.41, 5.74) is 2.18. The molecule has 0 heterocycles. The van der Waals surface area contributed by atoms with Gasteiger partial charge in [-0.1, -0.05) is 6.92 Å². The quantitative estimate of drug-likeness (QED) is 0.257. The van der Waals surface area contributed by atoms with E-state index in [1.165, 1.54) is 12.2 Å². The van der Waals surface area contributed by atoms with Crippen molar-refractivity contribution >= 4 is 12.0 Å². The number of hydroxylamine groups is 1. The molecule has 0 aliphatic carbocycles. The van der Waals surface area contributed by atoms with Crippen LogP contribution in [-0.4, -0.2) is 38.0 Å². The van der Waals surface area contributed by atoms with Crippen molar-refractivity contribution in [1.82, 2.24) is 5.48 Å². The normalized spacial score (nSPS) is 11.7. The molecule has 8 nitrogen and oxygen atoms in total. The van der Waals surface area contributed by atoms with Gasteiger partial charge < -0.3 is 19.1 Å². The van der Waals surface area contributed by atoms with Crippen molar-refractivity contribution in [2.24, 2.45) is 0 Å². The molecule has 2 N–H and O–H groups in total. The fourth-order valence-electron chi connectivity index (χ4n) is 2.26. The number of rotatable bonds is 11. The molecule has 0 saturated heterocycles. The van der Waals surface area contributed by atoms with E-state index in [1.807, 2.05) is 6.92 Å². The minimum atomic E-state index is -0.644. The second kappa shape index (κ2) is 11.6. The van der Waals surface area contributed by atoms with Gasteiger partial charge in [0.15, 0.2) is 5.75 Å². The molecule has 2 aromatic carbocycles. The molecule has 0 radical (unpaired) electrons. The van der Waals surface area contributed by atoms with Crippen LogP contribution in [-0.2, 0) is 9.68 Å². The van der Waals surface area contributed by atoms with Crippen LogP contribution in [0.4, 0.5) is 0 Å². The van der Waals surface area contributed by atoms with Gasteiger partial charge in [-0.15, -0.1) is 0 Å². The summed E-state index contributed by atoms with van der Waals surface area (Å²) in [4.78, 5) is 22.1. The Morgan fingerprint density at radius 2 is 1.72 bits per heavy atom. The van der Waals surface area contributed by atoms with Crippen LogP contribution in [0.5, 0.6) is 23.0 Å². The molecule has 1 amide bonds. The van der Waals surface area contributed by atoms with Crippen LogP contribution in [0.15, 0.2) is 48.5 Å². The van der Waals surface area contributed by atoms with Crippen molar-refractivity contribution in [1.29, 1.82) is 0 Å². The number of hydrogen-bond acceptors (Lipinski definition) is 7. The average Bonchev–Trinajstić information content (AvgIpc) is 2.78. The van der Waals surface area contributed by atoms with E-state index < -0.39 is 5.91 Å². The molecule has 1 atom stereocenters. The van der Waals surface area contributed by atoms with Crippen LogP contribution < -0.4 is 24.6 Å². The van der Waals surface area contributed by atoms with E-state index in [2.05, 4.69) is 0 Å². The maximum atomic E-state index is 11.2. The first-order chi connectivity index (χ1) is 14.1. The smallest absolute Gasteiger partial charge is 0.267 e. The summed E-state index contributed by atoms with van der Waals surface area (Å²) in [6.07, 6.45) is 3.03. The highest BCUT2D eigenvalue weighted by atomic mass is 17.2. The zero-order valence-electron chi connectivity index (χ0n) is 16.6. The second-order valence-corrected chi connectivity index (χ2v) is 5.91. The number of amides is 1. The van der Waals surface area contributed by atoms with Gasteiger partial charge in [-0.3, -0.25) is 10.0 Å². The number of carbonyl (C=O) groups excluding carboxylic acids is 1. The van der Waals surface area contributed by atoms with E-state index in [0.717, 1.165) is 5.75 Å². The van der Waals surface area contributed by atoms with Crippen molar-refractivity contribution in [3.63, 3.8) is 0 Å². The lowest BCUT2D eigenvalue weighted by Crippen LogP contribution is -2.23. The summed E-state index contributed by atoms with van der Waals surface area (Å²) >= 11 is 0. The molecule has 1 unspecified atom stereocenters. The van der Waals surface area contributed by atoms with E-state index in [9.17, 15) is 4.79 Å². The van der Waals surface area contributed by atoms with E-state index in [4.69, 9.17) is 29.2 Å². The Morgan fingerprint density at radius 3 is 2.34 bits per heavy atom. The molecular formula is C21H25NO7. The summed E-state index contributed by atoms with van der Waals surface area (Å²) in [6.45, 7) is 2.16. The Morgan fingerprint density at radius 1 is 1.07 bits per heavy atom. The van der Waals surface area contributed by atoms with Crippen LogP contribution in [0, 0.1) is 0 Å². The number of hydrogen-bond donors (Lipinski definition) is 2. The van der Waals surface area contributed by atoms with E-state index in [-0.39, 0.29) is 12.7 Å². The van der Waals surface area contributed by atoms with Crippen molar-refractivity contribution < 1.29 is 34.0 Å². The molecule has 29 heavy (non-hydrogen) atoms. The third-order valence-electron chi connectivity index (χ3n) is 3.97. The monoisotopic (exact) mass is 403 g/mol. The first-order valence-electron chi connectivity index (χ1n) is 9.00. The number of benzene rings is 2. The van der Waals surface area contributed by atoms with Crippen LogP contribution >= 0.6 is 0 Å². The largest absolute Gasteiger partial charge is 0.497 e. The highest BCUT2D eigenvalue weighted by Crippen LogP contribution is 2.26. The highest BCUT2D eigenvalue weighted by molar-refractivity contribution is 5.91. The summed E-state index contributed by atoms with van der Waals surface area (Å²) in [6, 6.07) is 12.2. The summed E-state index contributed by atoms with van der Waals surface area (Å²) in [7, 11) is 3.14. The zero-order chi connectivity index (χ0) is 21.1. The van der Waals surface area contributed by atoms with Crippen molar-refractivity contribution in [2.45, 2.75) is 19.4 Å². The Bertz CT molecular complexity index is 805. The Kier molecular flexibility index (Phi) is 8.81. The van der Waals surface area contributed by atoms with Gasteiger partial charge in [-0.2, -0.15) is 4.89 Å². The number of methoxy groups -OCH3 is 2. The Balaban J connectivity index is 2.00. The minimum absolute atomic E-state index is 0.215. The number of carbonyl (C=O) groups is 1. The molecule has 0 bridgehead atoms. The summed E-state index contributed by atoms with van der Waals surface area (Å²) in [5.74, 6) is 1.73. The fraction of sp³-hybridized carbons (Fsp3) is 0.286. The van der Waals surface area contributed by atoms with Gasteiger partial charge in [-0.05, 0) is 48.9 Å². The lowest BCUT2D eigenvalue weighted by Gasteiger charge is -2.17. The lowest BCUT2D eigenvalue weighted by molar-refractivity contribution is -0.250.